The maximum atomic E-state index is 3.24. The van der Waals surface area contributed by atoms with E-state index < -0.39 is 0 Å². The summed E-state index contributed by atoms with van der Waals surface area (Å²) in [4.78, 5) is 0. The molecule has 0 aliphatic heterocycles. The van der Waals surface area contributed by atoms with Crippen molar-refractivity contribution in [1.29, 1.82) is 0 Å². The highest BCUT2D eigenvalue weighted by atomic mass is 14.0. The lowest BCUT2D eigenvalue weighted by molar-refractivity contribution is 0.854. The molecule has 0 saturated heterocycles. The Bertz CT molecular complexity index is 211. The quantitative estimate of drug-likeness (QED) is 0.552. The van der Waals surface area contributed by atoms with Gasteiger partial charge in [0.25, 0.3) is 0 Å². The lowest BCUT2D eigenvalue weighted by Crippen LogP contribution is -1.90. The first-order valence-corrected chi connectivity index (χ1v) is 3.69. The molecule has 0 fully saturated rings. The van der Waals surface area contributed by atoms with Gasteiger partial charge in [0.2, 0.25) is 0 Å². The van der Waals surface area contributed by atoms with Crippen molar-refractivity contribution < 1.29 is 0 Å². The molecule has 0 saturated carbocycles. The highest BCUT2D eigenvalue weighted by Crippen LogP contribution is 2.16. The molecule has 0 aliphatic rings. The number of hydrogen-bond acceptors (Lipinski definition) is 0. The zero-order valence-corrected chi connectivity index (χ0v) is 6.81. The van der Waals surface area contributed by atoms with Gasteiger partial charge in [-0.2, -0.15) is 0 Å². The zero-order valence-electron chi connectivity index (χ0n) is 6.81. The third-order valence-electron chi connectivity index (χ3n) is 1.68. The van der Waals surface area contributed by atoms with Gasteiger partial charge >= 0.3 is 0 Å². The van der Waals surface area contributed by atoms with E-state index in [0.29, 0.717) is 5.92 Å². The molecule has 0 atom stereocenters. The summed E-state index contributed by atoms with van der Waals surface area (Å²) in [6.45, 7) is 6.52. The summed E-state index contributed by atoms with van der Waals surface area (Å²) >= 11 is 0. The van der Waals surface area contributed by atoms with Crippen molar-refractivity contribution in [2.24, 2.45) is 0 Å². The summed E-state index contributed by atoms with van der Waals surface area (Å²) in [5, 5.41) is 0. The van der Waals surface area contributed by atoms with Gasteiger partial charge in [-0.1, -0.05) is 32.0 Å². The molecule has 10 heavy (non-hydrogen) atoms. The third-order valence-corrected chi connectivity index (χ3v) is 1.68. The van der Waals surface area contributed by atoms with Crippen molar-refractivity contribution >= 4 is 0 Å². The number of hydrogen-bond donors (Lipinski definition) is 0. The van der Waals surface area contributed by atoms with Gasteiger partial charge < -0.3 is 0 Å². The monoisotopic (exact) mass is 133 g/mol. The van der Waals surface area contributed by atoms with Crippen LogP contribution in [0.2, 0.25) is 0 Å². The molecule has 0 N–H and O–H groups in total. The Balaban J connectivity index is 3.03. The smallest absolute Gasteiger partial charge is 0.0144 e. The molecule has 0 aliphatic carbocycles. The average molecular weight is 133 g/mol. The van der Waals surface area contributed by atoms with E-state index in [4.69, 9.17) is 0 Å². The Labute approximate surface area is 62.9 Å². The molecule has 1 rings (SSSR count). The van der Waals surface area contributed by atoms with Crippen LogP contribution in [-0.2, 0) is 0 Å². The first-order valence-electron chi connectivity index (χ1n) is 3.69. The van der Waals surface area contributed by atoms with E-state index in [0.717, 1.165) is 0 Å². The Morgan fingerprint density at radius 3 is 2.50 bits per heavy atom. The van der Waals surface area contributed by atoms with Crippen LogP contribution in [0.3, 0.4) is 0 Å². The Kier molecular flexibility index (Phi) is 2.10. The van der Waals surface area contributed by atoms with E-state index in [1.54, 1.807) is 0 Å². The fourth-order valence-corrected chi connectivity index (χ4v) is 1.16. The molecule has 1 aromatic rings. The molecular formula is C10H13. The fraction of sp³-hybridized carbons (Fsp3) is 0.400. The van der Waals surface area contributed by atoms with Crippen LogP contribution in [0.4, 0.5) is 0 Å². The van der Waals surface area contributed by atoms with Crippen LogP contribution in [0.5, 0.6) is 0 Å². The normalized spacial score (nSPS) is 10.4. The molecule has 53 valence electrons. The van der Waals surface area contributed by atoms with Crippen molar-refractivity contribution in [2.75, 3.05) is 0 Å². The molecule has 0 heteroatoms. The largest absolute Gasteiger partial charge is 0.0614 e. The second-order valence-corrected chi connectivity index (χ2v) is 2.92. The summed E-state index contributed by atoms with van der Waals surface area (Å²) < 4.78 is 0. The standard InChI is InChI=1S/C10H13/c1-8(2)10-7-5-4-6-9(10)3/h4-6,8H,1-3H3. The molecular weight excluding hydrogens is 120 g/mol. The Morgan fingerprint density at radius 2 is 2.10 bits per heavy atom. The topological polar surface area (TPSA) is 0 Å². The van der Waals surface area contributed by atoms with E-state index >= 15 is 0 Å². The third kappa shape index (κ3) is 1.38. The first-order chi connectivity index (χ1) is 4.72. The molecule has 0 aromatic heterocycles. The van der Waals surface area contributed by atoms with Gasteiger partial charge in [-0.15, -0.1) is 0 Å². The fourth-order valence-electron chi connectivity index (χ4n) is 1.16. The highest BCUT2D eigenvalue weighted by Gasteiger charge is 2.00. The van der Waals surface area contributed by atoms with Crippen LogP contribution >= 0.6 is 0 Å². The first kappa shape index (κ1) is 7.33. The summed E-state index contributed by atoms with van der Waals surface area (Å²) in [7, 11) is 0. The minimum Gasteiger partial charge on any atom is -0.0614 e. The van der Waals surface area contributed by atoms with Gasteiger partial charge in [0, 0.05) is 0 Å². The maximum Gasteiger partial charge on any atom is -0.0144 e. The summed E-state index contributed by atoms with van der Waals surface area (Å²) in [5.41, 5.74) is 2.68. The van der Waals surface area contributed by atoms with Crippen LogP contribution in [0.1, 0.15) is 30.9 Å². The lowest BCUT2D eigenvalue weighted by Gasteiger charge is -2.06. The highest BCUT2D eigenvalue weighted by molar-refractivity contribution is 5.26. The van der Waals surface area contributed by atoms with E-state index in [-0.39, 0.29) is 0 Å². The van der Waals surface area contributed by atoms with Crippen molar-refractivity contribution in [3.8, 4) is 0 Å². The molecule has 0 bridgehead atoms. The lowest BCUT2D eigenvalue weighted by atomic mass is 9.99. The number of aryl methyl sites for hydroxylation is 1. The van der Waals surface area contributed by atoms with Crippen LogP contribution in [0.25, 0.3) is 0 Å². The SMILES string of the molecule is Cc1ccc[c]c1C(C)C. The van der Waals surface area contributed by atoms with E-state index in [9.17, 15) is 0 Å². The van der Waals surface area contributed by atoms with Gasteiger partial charge in [0.05, 0.1) is 0 Å². The predicted octanol–water partition coefficient (Wildman–Crippen LogP) is 2.92. The minimum atomic E-state index is 0.598. The summed E-state index contributed by atoms with van der Waals surface area (Å²) in [6.07, 6.45) is 0. The average Bonchev–Trinajstić information content (AvgIpc) is 1.88. The van der Waals surface area contributed by atoms with Crippen molar-refractivity contribution in [1.82, 2.24) is 0 Å². The van der Waals surface area contributed by atoms with E-state index in [1.807, 2.05) is 12.1 Å². The van der Waals surface area contributed by atoms with Crippen LogP contribution in [0, 0.1) is 13.0 Å². The molecule has 1 aromatic carbocycles. The predicted molar refractivity (Wildman–Crippen MR) is 44.1 cm³/mol. The van der Waals surface area contributed by atoms with Gasteiger partial charge in [-0.3, -0.25) is 0 Å². The minimum absolute atomic E-state index is 0.598. The van der Waals surface area contributed by atoms with Gasteiger partial charge in [0.1, 0.15) is 0 Å². The van der Waals surface area contributed by atoms with Crippen LogP contribution < -0.4 is 0 Å². The van der Waals surface area contributed by atoms with E-state index in [1.165, 1.54) is 11.1 Å². The Morgan fingerprint density at radius 1 is 1.40 bits per heavy atom. The van der Waals surface area contributed by atoms with Gasteiger partial charge in [-0.25, -0.2) is 0 Å². The Hall–Kier alpha value is -0.780. The molecule has 0 spiro atoms. The van der Waals surface area contributed by atoms with Gasteiger partial charge in [-0.05, 0) is 30.0 Å². The van der Waals surface area contributed by atoms with E-state index in [2.05, 4.69) is 32.9 Å². The second kappa shape index (κ2) is 2.87. The molecule has 0 unspecified atom stereocenters. The van der Waals surface area contributed by atoms with Crippen LogP contribution in [-0.4, -0.2) is 0 Å². The zero-order chi connectivity index (χ0) is 7.56. The van der Waals surface area contributed by atoms with Crippen molar-refractivity contribution in [3.63, 3.8) is 0 Å². The van der Waals surface area contributed by atoms with Crippen molar-refractivity contribution in [3.05, 3.63) is 35.4 Å². The number of benzene rings is 1. The molecule has 0 nitrogen and oxygen atoms in total. The summed E-state index contributed by atoms with van der Waals surface area (Å²) in [5.74, 6) is 0.598. The maximum absolute atomic E-state index is 3.24. The summed E-state index contributed by atoms with van der Waals surface area (Å²) in [6, 6.07) is 9.37. The molecule has 1 radical (unpaired) electrons. The van der Waals surface area contributed by atoms with Gasteiger partial charge in [0.15, 0.2) is 0 Å². The number of rotatable bonds is 1. The second-order valence-electron chi connectivity index (χ2n) is 2.92. The van der Waals surface area contributed by atoms with Crippen LogP contribution in [0.15, 0.2) is 18.2 Å². The molecule has 0 heterocycles. The molecule has 0 amide bonds. The van der Waals surface area contributed by atoms with Crippen molar-refractivity contribution in [2.45, 2.75) is 26.7 Å².